The molecule has 208 valence electrons. The van der Waals surface area contributed by atoms with E-state index in [1.165, 1.54) is 5.56 Å². The Bertz CT molecular complexity index is 1190. The minimum atomic E-state index is -0.136. The van der Waals surface area contributed by atoms with Crippen LogP contribution in [0.25, 0.3) is 12.2 Å². The highest BCUT2D eigenvalue weighted by Crippen LogP contribution is 2.32. The molecule has 3 aromatic rings. The number of carbonyl (C=O) groups excluding carboxylic acids is 1. The van der Waals surface area contributed by atoms with Gasteiger partial charge >= 0.3 is 6.03 Å². The van der Waals surface area contributed by atoms with Gasteiger partial charge in [0.15, 0.2) is 0 Å². The third-order valence-electron chi connectivity index (χ3n) is 6.41. The summed E-state index contributed by atoms with van der Waals surface area (Å²) in [4.78, 5) is 15.1. The molecule has 0 aliphatic heterocycles. The average Bonchev–Trinajstić information content (AvgIpc) is 2.95. The van der Waals surface area contributed by atoms with E-state index in [9.17, 15) is 4.79 Å². The molecule has 39 heavy (non-hydrogen) atoms. The molecule has 0 heterocycles. The van der Waals surface area contributed by atoms with Crippen LogP contribution in [0.1, 0.15) is 48.1 Å². The standard InChI is InChI=1S/C33H42N2O4/c1-25(2)20-27-14-12-26(13-15-27)16-17-29-21-30(38-4)22-32(39-5)31(29)24-35(23-28-10-7-6-8-11-28)33(36)34-18-9-19-37-3/h6-8,10-17,21-22,25H,9,18-20,23-24H2,1-5H3,(H,34,36)/b17-16+. The second kappa shape index (κ2) is 15.6. The van der Waals surface area contributed by atoms with Crippen LogP contribution in [0.3, 0.4) is 0 Å². The molecule has 0 saturated carbocycles. The van der Waals surface area contributed by atoms with Crippen LogP contribution in [0.2, 0.25) is 0 Å². The lowest BCUT2D eigenvalue weighted by Gasteiger charge is -2.25. The molecule has 6 nitrogen and oxygen atoms in total. The van der Waals surface area contributed by atoms with E-state index in [0.717, 1.165) is 35.1 Å². The maximum Gasteiger partial charge on any atom is 0.318 e. The summed E-state index contributed by atoms with van der Waals surface area (Å²) in [6.07, 6.45) is 5.96. The number of rotatable bonds is 14. The van der Waals surface area contributed by atoms with Crippen LogP contribution in [-0.2, 0) is 24.2 Å². The van der Waals surface area contributed by atoms with Crippen molar-refractivity contribution in [3.63, 3.8) is 0 Å². The molecule has 2 amide bonds. The van der Waals surface area contributed by atoms with E-state index < -0.39 is 0 Å². The molecule has 0 aliphatic carbocycles. The third-order valence-corrected chi connectivity index (χ3v) is 6.41. The summed E-state index contributed by atoms with van der Waals surface area (Å²) >= 11 is 0. The van der Waals surface area contributed by atoms with Gasteiger partial charge in [0, 0.05) is 38.4 Å². The molecule has 3 aromatic carbocycles. The van der Waals surface area contributed by atoms with Crippen LogP contribution in [0.5, 0.6) is 11.5 Å². The van der Waals surface area contributed by atoms with Crippen molar-refractivity contribution >= 4 is 18.2 Å². The summed E-state index contributed by atoms with van der Waals surface area (Å²) in [6.45, 7) is 6.42. The van der Waals surface area contributed by atoms with Crippen molar-refractivity contribution in [1.29, 1.82) is 0 Å². The fourth-order valence-corrected chi connectivity index (χ4v) is 4.40. The number of benzene rings is 3. The average molecular weight is 531 g/mol. The van der Waals surface area contributed by atoms with Crippen molar-refractivity contribution in [2.24, 2.45) is 5.92 Å². The lowest BCUT2D eigenvalue weighted by molar-refractivity contribution is 0.181. The Balaban J connectivity index is 1.92. The number of methoxy groups -OCH3 is 3. The van der Waals surface area contributed by atoms with Crippen LogP contribution in [0.4, 0.5) is 4.79 Å². The molecule has 0 spiro atoms. The highest BCUT2D eigenvalue weighted by Gasteiger charge is 2.19. The van der Waals surface area contributed by atoms with Gasteiger partial charge in [0.25, 0.3) is 0 Å². The Morgan fingerprint density at radius 3 is 2.28 bits per heavy atom. The fourth-order valence-electron chi connectivity index (χ4n) is 4.40. The molecule has 0 bridgehead atoms. The molecule has 6 heteroatoms. The number of amides is 2. The quantitative estimate of drug-likeness (QED) is 0.184. The van der Waals surface area contributed by atoms with Crippen molar-refractivity contribution in [2.75, 3.05) is 34.5 Å². The predicted octanol–water partition coefficient (Wildman–Crippen LogP) is 6.82. The van der Waals surface area contributed by atoms with E-state index in [4.69, 9.17) is 14.2 Å². The van der Waals surface area contributed by atoms with Crippen LogP contribution >= 0.6 is 0 Å². The zero-order valence-electron chi connectivity index (χ0n) is 23.9. The van der Waals surface area contributed by atoms with Crippen LogP contribution in [0.15, 0.2) is 66.7 Å². The van der Waals surface area contributed by atoms with Crippen molar-refractivity contribution in [2.45, 2.75) is 39.8 Å². The van der Waals surface area contributed by atoms with E-state index in [1.54, 1.807) is 21.3 Å². The number of ether oxygens (including phenoxy) is 3. The second-order valence-electron chi connectivity index (χ2n) is 9.99. The van der Waals surface area contributed by atoms with Gasteiger partial charge in [0.1, 0.15) is 11.5 Å². The van der Waals surface area contributed by atoms with E-state index in [0.29, 0.717) is 43.7 Å². The Morgan fingerprint density at radius 2 is 1.64 bits per heavy atom. The number of hydrogen-bond acceptors (Lipinski definition) is 4. The summed E-state index contributed by atoms with van der Waals surface area (Å²) in [5.41, 5.74) is 5.33. The lowest BCUT2D eigenvalue weighted by Crippen LogP contribution is -2.40. The van der Waals surface area contributed by atoms with Gasteiger partial charge in [-0.2, -0.15) is 0 Å². The van der Waals surface area contributed by atoms with Gasteiger partial charge in [-0.25, -0.2) is 4.79 Å². The first-order valence-electron chi connectivity index (χ1n) is 13.5. The summed E-state index contributed by atoms with van der Waals surface area (Å²) < 4.78 is 16.5. The summed E-state index contributed by atoms with van der Waals surface area (Å²) in [7, 11) is 4.95. The van der Waals surface area contributed by atoms with Crippen molar-refractivity contribution in [3.05, 3.63) is 94.5 Å². The third kappa shape index (κ3) is 9.48. The van der Waals surface area contributed by atoms with E-state index in [-0.39, 0.29) is 6.03 Å². The first-order chi connectivity index (χ1) is 18.9. The van der Waals surface area contributed by atoms with Crippen molar-refractivity contribution < 1.29 is 19.0 Å². The topological polar surface area (TPSA) is 60.0 Å². The molecule has 1 N–H and O–H groups in total. The molecule has 0 aromatic heterocycles. The largest absolute Gasteiger partial charge is 0.497 e. The minimum Gasteiger partial charge on any atom is -0.497 e. The number of carbonyl (C=O) groups is 1. The molecular formula is C33H42N2O4. The molecule has 0 aliphatic rings. The van der Waals surface area contributed by atoms with E-state index in [1.807, 2.05) is 47.4 Å². The first kappa shape index (κ1) is 29.8. The van der Waals surface area contributed by atoms with Gasteiger partial charge in [-0.1, -0.05) is 80.6 Å². The highest BCUT2D eigenvalue weighted by atomic mass is 16.5. The summed E-state index contributed by atoms with van der Waals surface area (Å²) in [5.74, 6) is 1.99. The normalized spacial score (nSPS) is 11.1. The number of nitrogens with zero attached hydrogens (tertiary/aromatic N) is 1. The zero-order valence-corrected chi connectivity index (χ0v) is 23.9. The second-order valence-corrected chi connectivity index (χ2v) is 9.99. The van der Waals surface area contributed by atoms with E-state index in [2.05, 4.69) is 55.6 Å². The van der Waals surface area contributed by atoms with E-state index >= 15 is 0 Å². The summed E-state index contributed by atoms with van der Waals surface area (Å²) in [5, 5.41) is 3.04. The molecule has 0 radical (unpaired) electrons. The highest BCUT2D eigenvalue weighted by molar-refractivity contribution is 5.76. The minimum absolute atomic E-state index is 0.136. The Kier molecular flexibility index (Phi) is 11.9. The Morgan fingerprint density at radius 1 is 0.897 bits per heavy atom. The molecule has 0 fully saturated rings. The maximum atomic E-state index is 13.3. The number of hydrogen-bond donors (Lipinski definition) is 1. The molecule has 0 unspecified atom stereocenters. The fraction of sp³-hybridized carbons (Fsp3) is 0.364. The van der Waals surface area contributed by atoms with Gasteiger partial charge in [-0.3, -0.25) is 0 Å². The van der Waals surface area contributed by atoms with Crippen LogP contribution in [-0.4, -0.2) is 45.4 Å². The zero-order chi connectivity index (χ0) is 28.0. The summed E-state index contributed by atoms with van der Waals surface area (Å²) in [6, 6.07) is 22.4. The van der Waals surface area contributed by atoms with Gasteiger partial charge in [-0.05, 0) is 47.1 Å². The Labute approximate surface area is 233 Å². The van der Waals surface area contributed by atoms with Crippen LogP contribution in [0, 0.1) is 5.92 Å². The molecular weight excluding hydrogens is 488 g/mol. The lowest BCUT2D eigenvalue weighted by atomic mass is 10.0. The van der Waals surface area contributed by atoms with Gasteiger partial charge in [0.05, 0.1) is 20.8 Å². The maximum absolute atomic E-state index is 13.3. The van der Waals surface area contributed by atoms with Crippen molar-refractivity contribution in [3.8, 4) is 11.5 Å². The molecule has 0 atom stereocenters. The molecule has 3 rings (SSSR count). The van der Waals surface area contributed by atoms with Gasteiger partial charge in [0.2, 0.25) is 0 Å². The smallest absolute Gasteiger partial charge is 0.318 e. The van der Waals surface area contributed by atoms with Gasteiger partial charge in [-0.15, -0.1) is 0 Å². The first-order valence-corrected chi connectivity index (χ1v) is 13.5. The SMILES string of the molecule is COCCCNC(=O)N(Cc1ccccc1)Cc1c(/C=C/c2ccc(CC(C)C)cc2)cc(OC)cc1OC. The van der Waals surface area contributed by atoms with Crippen LogP contribution < -0.4 is 14.8 Å². The van der Waals surface area contributed by atoms with Crippen molar-refractivity contribution in [1.82, 2.24) is 10.2 Å². The monoisotopic (exact) mass is 530 g/mol. The van der Waals surface area contributed by atoms with Gasteiger partial charge < -0.3 is 24.4 Å². The number of urea groups is 1. The predicted molar refractivity (Wildman–Crippen MR) is 159 cm³/mol. The molecule has 0 saturated heterocycles. The Hall–Kier alpha value is -3.77. The number of nitrogens with one attached hydrogen (secondary N) is 1.